The SMILES string of the molecule is c1ccc(C2CCCCC23CNCCO3)cc1. The quantitative estimate of drug-likeness (QED) is 0.802. The van der Waals surface area contributed by atoms with E-state index in [-0.39, 0.29) is 5.60 Å². The van der Waals surface area contributed by atoms with Crippen molar-refractivity contribution in [2.24, 2.45) is 0 Å². The van der Waals surface area contributed by atoms with E-state index in [0.717, 1.165) is 19.7 Å². The Kier molecular flexibility index (Phi) is 3.17. The first-order chi connectivity index (χ1) is 8.41. The molecule has 2 fully saturated rings. The minimum Gasteiger partial charge on any atom is -0.372 e. The van der Waals surface area contributed by atoms with Crippen LogP contribution >= 0.6 is 0 Å². The van der Waals surface area contributed by atoms with Crippen LogP contribution in [0, 0.1) is 0 Å². The van der Waals surface area contributed by atoms with Crippen molar-refractivity contribution in [3.63, 3.8) is 0 Å². The molecule has 1 saturated carbocycles. The standard InChI is InChI=1S/C15H21NO/c1-2-6-13(7-3-1)14-8-4-5-9-15(14)12-16-10-11-17-15/h1-3,6-7,14,16H,4-5,8-12H2. The number of hydrogen-bond acceptors (Lipinski definition) is 2. The molecule has 1 aliphatic carbocycles. The molecule has 1 spiro atoms. The lowest BCUT2D eigenvalue weighted by atomic mass is 9.71. The molecule has 1 heterocycles. The van der Waals surface area contributed by atoms with Gasteiger partial charge in [-0.3, -0.25) is 0 Å². The van der Waals surface area contributed by atoms with Crippen molar-refractivity contribution in [3.05, 3.63) is 35.9 Å². The van der Waals surface area contributed by atoms with E-state index < -0.39 is 0 Å². The minimum atomic E-state index is 0.0673. The molecule has 1 aromatic carbocycles. The second-order valence-corrected chi connectivity index (χ2v) is 5.30. The molecule has 2 aliphatic rings. The van der Waals surface area contributed by atoms with Crippen LogP contribution in [0.5, 0.6) is 0 Å². The lowest BCUT2D eigenvalue weighted by Crippen LogP contribution is -2.54. The molecule has 1 saturated heterocycles. The summed E-state index contributed by atoms with van der Waals surface area (Å²) >= 11 is 0. The topological polar surface area (TPSA) is 21.3 Å². The van der Waals surface area contributed by atoms with E-state index in [4.69, 9.17) is 4.74 Å². The van der Waals surface area contributed by atoms with Crippen LogP contribution in [-0.4, -0.2) is 25.3 Å². The molecule has 2 heteroatoms. The van der Waals surface area contributed by atoms with E-state index in [0.29, 0.717) is 5.92 Å². The lowest BCUT2D eigenvalue weighted by molar-refractivity contribution is -0.102. The van der Waals surface area contributed by atoms with Gasteiger partial charge in [0.15, 0.2) is 0 Å². The number of nitrogens with one attached hydrogen (secondary N) is 1. The van der Waals surface area contributed by atoms with Crippen molar-refractivity contribution < 1.29 is 4.74 Å². The third-order valence-electron chi connectivity index (χ3n) is 4.27. The monoisotopic (exact) mass is 231 g/mol. The lowest BCUT2D eigenvalue weighted by Gasteiger charge is -2.46. The molecule has 0 bridgehead atoms. The molecule has 2 unspecified atom stereocenters. The van der Waals surface area contributed by atoms with E-state index >= 15 is 0 Å². The summed E-state index contributed by atoms with van der Waals surface area (Å²) in [6, 6.07) is 10.9. The maximum absolute atomic E-state index is 6.21. The average molecular weight is 231 g/mol. The highest BCUT2D eigenvalue weighted by Crippen LogP contribution is 2.43. The van der Waals surface area contributed by atoms with Gasteiger partial charge in [-0.2, -0.15) is 0 Å². The van der Waals surface area contributed by atoms with Gasteiger partial charge in [0.1, 0.15) is 0 Å². The van der Waals surface area contributed by atoms with Crippen molar-refractivity contribution in [3.8, 4) is 0 Å². The fraction of sp³-hybridized carbons (Fsp3) is 0.600. The second kappa shape index (κ2) is 4.79. The van der Waals surface area contributed by atoms with Crippen molar-refractivity contribution in [1.82, 2.24) is 5.32 Å². The molecule has 2 nitrogen and oxygen atoms in total. The number of hydrogen-bond donors (Lipinski definition) is 1. The van der Waals surface area contributed by atoms with Crippen LogP contribution in [0.2, 0.25) is 0 Å². The van der Waals surface area contributed by atoms with Crippen molar-refractivity contribution in [2.75, 3.05) is 19.7 Å². The Morgan fingerprint density at radius 3 is 2.82 bits per heavy atom. The molecule has 1 N–H and O–H groups in total. The first-order valence-corrected chi connectivity index (χ1v) is 6.80. The summed E-state index contributed by atoms with van der Waals surface area (Å²) < 4.78 is 6.21. The molecule has 0 amide bonds. The maximum Gasteiger partial charge on any atom is 0.0874 e. The number of ether oxygens (including phenoxy) is 1. The molecular formula is C15H21NO. The number of benzene rings is 1. The van der Waals surface area contributed by atoms with Crippen molar-refractivity contribution >= 4 is 0 Å². The van der Waals surface area contributed by atoms with Gasteiger partial charge in [-0.25, -0.2) is 0 Å². The molecular weight excluding hydrogens is 210 g/mol. The van der Waals surface area contributed by atoms with Gasteiger partial charge in [0.05, 0.1) is 12.2 Å². The van der Waals surface area contributed by atoms with Crippen LogP contribution in [0.4, 0.5) is 0 Å². The average Bonchev–Trinajstić information content (AvgIpc) is 2.41. The van der Waals surface area contributed by atoms with Crippen molar-refractivity contribution in [1.29, 1.82) is 0 Å². The fourth-order valence-electron chi connectivity index (χ4n) is 3.43. The minimum absolute atomic E-state index is 0.0673. The van der Waals surface area contributed by atoms with Gasteiger partial charge in [0.25, 0.3) is 0 Å². The van der Waals surface area contributed by atoms with Crippen LogP contribution < -0.4 is 5.32 Å². The van der Waals surface area contributed by atoms with Crippen LogP contribution in [0.25, 0.3) is 0 Å². The fourth-order valence-corrected chi connectivity index (χ4v) is 3.43. The summed E-state index contributed by atoms with van der Waals surface area (Å²) in [5, 5.41) is 3.52. The van der Waals surface area contributed by atoms with Crippen LogP contribution in [0.1, 0.15) is 37.2 Å². The molecule has 2 atom stereocenters. The molecule has 92 valence electrons. The predicted octanol–water partition coefficient (Wildman–Crippen LogP) is 2.70. The van der Waals surface area contributed by atoms with E-state index in [1.54, 1.807) is 0 Å². The summed E-state index contributed by atoms with van der Waals surface area (Å²) in [6.45, 7) is 2.89. The third-order valence-corrected chi connectivity index (χ3v) is 4.27. The highest BCUT2D eigenvalue weighted by Gasteiger charge is 2.43. The van der Waals surface area contributed by atoms with Gasteiger partial charge < -0.3 is 10.1 Å². The summed E-state index contributed by atoms with van der Waals surface area (Å²) in [4.78, 5) is 0. The second-order valence-electron chi connectivity index (χ2n) is 5.30. The summed E-state index contributed by atoms with van der Waals surface area (Å²) in [6.07, 6.45) is 5.13. The Bertz CT molecular complexity index is 348. The number of rotatable bonds is 1. The van der Waals surface area contributed by atoms with Gasteiger partial charge in [-0.05, 0) is 18.4 Å². The summed E-state index contributed by atoms with van der Waals surface area (Å²) in [5.41, 5.74) is 1.52. The first-order valence-electron chi connectivity index (χ1n) is 6.80. The smallest absolute Gasteiger partial charge is 0.0874 e. The third kappa shape index (κ3) is 2.12. The zero-order valence-electron chi connectivity index (χ0n) is 10.3. The van der Waals surface area contributed by atoms with Gasteiger partial charge in [0.2, 0.25) is 0 Å². The summed E-state index contributed by atoms with van der Waals surface area (Å²) in [7, 11) is 0. The number of morpholine rings is 1. The molecule has 17 heavy (non-hydrogen) atoms. The Morgan fingerprint density at radius 2 is 2.06 bits per heavy atom. The van der Waals surface area contributed by atoms with Crippen LogP contribution in [0.15, 0.2) is 30.3 Å². The highest BCUT2D eigenvalue weighted by molar-refractivity contribution is 5.24. The van der Waals surface area contributed by atoms with Crippen LogP contribution in [0.3, 0.4) is 0 Å². The zero-order valence-corrected chi connectivity index (χ0v) is 10.3. The zero-order chi connectivity index (χ0) is 11.6. The molecule has 1 aromatic rings. The Labute approximate surface area is 103 Å². The van der Waals surface area contributed by atoms with E-state index in [1.807, 2.05) is 0 Å². The predicted molar refractivity (Wildman–Crippen MR) is 69.2 cm³/mol. The normalized spacial score (nSPS) is 33.8. The molecule has 3 rings (SSSR count). The van der Waals surface area contributed by atoms with Crippen molar-refractivity contribution in [2.45, 2.75) is 37.2 Å². The summed E-state index contributed by atoms with van der Waals surface area (Å²) in [5.74, 6) is 0.574. The van der Waals surface area contributed by atoms with Gasteiger partial charge >= 0.3 is 0 Å². The Hall–Kier alpha value is -0.860. The Morgan fingerprint density at radius 1 is 1.18 bits per heavy atom. The highest BCUT2D eigenvalue weighted by atomic mass is 16.5. The molecule has 0 radical (unpaired) electrons. The maximum atomic E-state index is 6.21. The Balaban J connectivity index is 1.89. The van der Waals surface area contributed by atoms with Gasteiger partial charge in [-0.15, -0.1) is 0 Å². The van der Waals surface area contributed by atoms with Gasteiger partial charge in [0, 0.05) is 19.0 Å². The van der Waals surface area contributed by atoms with E-state index in [2.05, 4.69) is 35.6 Å². The first kappa shape index (κ1) is 11.2. The van der Waals surface area contributed by atoms with Gasteiger partial charge in [-0.1, -0.05) is 43.2 Å². The van der Waals surface area contributed by atoms with E-state index in [1.165, 1.54) is 31.2 Å². The van der Waals surface area contributed by atoms with Crippen LogP contribution in [-0.2, 0) is 4.74 Å². The largest absolute Gasteiger partial charge is 0.372 e. The van der Waals surface area contributed by atoms with E-state index in [9.17, 15) is 0 Å². The molecule has 1 aliphatic heterocycles. The molecule has 0 aromatic heterocycles.